The Morgan fingerprint density at radius 2 is 2.21 bits per heavy atom. The van der Waals surface area contributed by atoms with Crippen LogP contribution >= 0.6 is 22.9 Å². The predicted molar refractivity (Wildman–Crippen MR) is 85.2 cm³/mol. The van der Waals surface area contributed by atoms with Gasteiger partial charge in [0.1, 0.15) is 0 Å². The largest absolute Gasteiger partial charge is 0.316 e. The molecule has 1 aliphatic rings. The van der Waals surface area contributed by atoms with Crippen LogP contribution in [-0.2, 0) is 0 Å². The van der Waals surface area contributed by atoms with Crippen LogP contribution in [0, 0.1) is 5.92 Å². The lowest BCUT2D eigenvalue weighted by Crippen LogP contribution is -2.42. The number of piperidine rings is 1. The van der Waals surface area contributed by atoms with Gasteiger partial charge in [0.2, 0.25) is 0 Å². The van der Waals surface area contributed by atoms with Crippen molar-refractivity contribution in [3.63, 3.8) is 0 Å². The lowest BCUT2D eigenvalue weighted by Gasteiger charge is -2.36. The highest BCUT2D eigenvalue weighted by molar-refractivity contribution is 7.16. The molecule has 1 aromatic rings. The van der Waals surface area contributed by atoms with Crippen molar-refractivity contribution in [2.75, 3.05) is 19.6 Å². The van der Waals surface area contributed by atoms with Crippen LogP contribution in [0.2, 0.25) is 4.34 Å². The van der Waals surface area contributed by atoms with Crippen molar-refractivity contribution in [3.05, 3.63) is 21.3 Å². The Morgan fingerprint density at radius 1 is 1.42 bits per heavy atom. The van der Waals surface area contributed by atoms with E-state index in [1.165, 1.54) is 37.4 Å². The van der Waals surface area contributed by atoms with Crippen LogP contribution in [-0.4, -0.2) is 30.6 Å². The van der Waals surface area contributed by atoms with Crippen molar-refractivity contribution in [2.24, 2.45) is 5.92 Å². The van der Waals surface area contributed by atoms with Crippen LogP contribution in [0.25, 0.3) is 0 Å². The molecule has 19 heavy (non-hydrogen) atoms. The molecule has 2 nitrogen and oxygen atoms in total. The molecule has 0 radical (unpaired) electrons. The Morgan fingerprint density at radius 3 is 2.74 bits per heavy atom. The van der Waals surface area contributed by atoms with E-state index in [0.29, 0.717) is 12.1 Å². The summed E-state index contributed by atoms with van der Waals surface area (Å²) in [6, 6.07) is 5.21. The third kappa shape index (κ3) is 4.19. The fourth-order valence-electron chi connectivity index (χ4n) is 2.91. The molecule has 1 aromatic heterocycles. The molecule has 4 heteroatoms. The van der Waals surface area contributed by atoms with Gasteiger partial charge in [0.25, 0.3) is 0 Å². The normalized spacial score (nSPS) is 22.1. The van der Waals surface area contributed by atoms with Crippen molar-refractivity contribution in [1.82, 2.24) is 10.2 Å². The highest BCUT2D eigenvalue weighted by Crippen LogP contribution is 2.32. The standard InChI is InChI=1S/C15H25ClN2S/c1-11(2)18(10-13-5-4-8-17-9-13)12(3)14-6-7-15(16)19-14/h6-7,11-13,17H,4-5,8-10H2,1-3H3. The van der Waals surface area contributed by atoms with Gasteiger partial charge in [-0.2, -0.15) is 0 Å². The Hall–Kier alpha value is -0.0900. The average molecular weight is 301 g/mol. The van der Waals surface area contributed by atoms with Gasteiger partial charge in [-0.05, 0) is 64.8 Å². The first-order valence-corrected chi connectivity index (χ1v) is 8.49. The van der Waals surface area contributed by atoms with Crippen LogP contribution in [0.3, 0.4) is 0 Å². The maximum atomic E-state index is 6.07. The second-order valence-electron chi connectivity index (χ2n) is 5.82. The molecule has 2 rings (SSSR count). The van der Waals surface area contributed by atoms with Gasteiger partial charge < -0.3 is 5.32 Å². The van der Waals surface area contributed by atoms with Crippen molar-refractivity contribution in [3.8, 4) is 0 Å². The van der Waals surface area contributed by atoms with E-state index in [4.69, 9.17) is 11.6 Å². The number of halogens is 1. The molecule has 1 fully saturated rings. The van der Waals surface area contributed by atoms with Gasteiger partial charge in [0.05, 0.1) is 4.34 Å². The zero-order valence-electron chi connectivity index (χ0n) is 12.2. The van der Waals surface area contributed by atoms with E-state index in [-0.39, 0.29) is 0 Å². The first kappa shape index (κ1) is 15.3. The van der Waals surface area contributed by atoms with Gasteiger partial charge in [0, 0.05) is 23.5 Å². The van der Waals surface area contributed by atoms with E-state index in [0.717, 1.165) is 10.3 Å². The minimum Gasteiger partial charge on any atom is -0.316 e. The molecule has 0 saturated carbocycles. The number of rotatable bonds is 5. The summed E-state index contributed by atoms with van der Waals surface area (Å²) >= 11 is 7.78. The molecule has 2 heterocycles. The van der Waals surface area contributed by atoms with Gasteiger partial charge in [-0.3, -0.25) is 4.90 Å². The van der Waals surface area contributed by atoms with E-state index in [2.05, 4.69) is 37.1 Å². The second kappa shape index (κ2) is 7.07. The quantitative estimate of drug-likeness (QED) is 0.878. The zero-order chi connectivity index (χ0) is 13.8. The molecule has 0 spiro atoms. The zero-order valence-corrected chi connectivity index (χ0v) is 13.7. The summed E-state index contributed by atoms with van der Waals surface area (Å²) in [5.41, 5.74) is 0. The van der Waals surface area contributed by atoms with Crippen LogP contribution in [0.1, 0.15) is 44.5 Å². The van der Waals surface area contributed by atoms with Gasteiger partial charge in [0.15, 0.2) is 0 Å². The van der Waals surface area contributed by atoms with E-state index < -0.39 is 0 Å². The summed E-state index contributed by atoms with van der Waals surface area (Å²) in [4.78, 5) is 3.99. The fraction of sp³-hybridized carbons (Fsp3) is 0.733. The Labute approximate surface area is 126 Å². The third-order valence-electron chi connectivity index (χ3n) is 4.03. The molecule has 0 aliphatic carbocycles. The Balaban J connectivity index is 2.02. The predicted octanol–water partition coefficient (Wildman–Crippen LogP) is 4.17. The first-order chi connectivity index (χ1) is 9.08. The first-order valence-electron chi connectivity index (χ1n) is 7.29. The van der Waals surface area contributed by atoms with E-state index in [1.54, 1.807) is 11.3 Å². The number of hydrogen-bond acceptors (Lipinski definition) is 3. The second-order valence-corrected chi connectivity index (χ2v) is 7.57. The van der Waals surface area contributed by atoms with Crippen LogP contribution in [0.4, 0.5) is 0 Å². The van der Waals surface area contributed by atoms with Crippen molar-refractivity contribution in [2.45, 2.75) is 45.7 Å². The molecule has 108 valence electrons. The maximum absolute atomic E-state index is 6.07. The minimum absolute atomic E-state index is 0.458. The Bertz CT molecular complexity index is 385. The highest BCUT2D eigenvalue weighted by Gasteiger charge is 2.24. The van der Waals surface area contributed by atoms with Gasteiger partial charge in [-0.25, -0.2) is 0 Å². The lowest BCUT2D eigenvalue weighted by molar-refractivity contribution is 0.128. The SMILES string of the molecule is CC(C)N(CC1CCCNC1)C(C)c1ccc(Cl)s1. The third-order valence-corrected chi connectivity index (χ3v) is 5.44. The maximum Gasteiger partial charge on any atom is 0.0931 e. The van der Waals surface area contributed by atoms with Crippen LogP contribution in [0.5, 0.6) is 0 Å². The molecule has 1 aliphatic heterocycles. The molecule has 2 atom stereocenters. The molecule has 0 aromatic carbocycles. The Kier molecular flexibility index (Phi) is 5.70. The number of thiophene rings is 1. The minimum atomic E-state index is 0.458. The topological polar surface area (TPSA) is 15.3 Å². The summed E-state index contributed by atoms with van der Waals surface area (Å²) in [6.45, 7) is 10.4. The summed E-state index contributed by atoms with van der Waals surface area (Å²) in [5, 5.41) is 3.52. The van der Waals surface area contributed by atoms with Crippen LogP contribution < -0.4 is 5.32 Å². The van der Waals surface area contributed by atoms with Gasteiger partial charge >= 0.3 is 0 Å². The molecule has 0 amide bonds. The summed E-state index contributed by atoms with van der Waals surface area (Å²) in [7, 11) is 0. The van der Waals surface area contributed by atoms with Crippen LogP contribution in [0.15, 0.2) is 12.1 Å². The van der Waals surface area contributed by atoms with Crippen molar-refractivity contribution in [1.29, 1.82) is 0 Å². The molecule has 1 N–H and O–H groups in total. The van der Waals surface area contributed by atoms with Gasteiger partial charge in [-0.1, -0.05) is 11.6 Å². The highest BCUT2D eigenvalue weighted by atomic mass is 35.5. The summed E-state index contributed by atoms with van der Waals surface area (Å²) in [5.74, 6) is 0.786. The molecule has 0 bridgehead atoms. The average Bonchev–Trinajstić information content (AvgIpc) is 2.83. The van der Waals surface area contributed by atoms with Crippen molar-refractivity contribution < 1.29 is 0 Å². The number of nitrogens with zero attached hydrogens (tertiary/aromatic N) is 1. The molecular weight excluding hydrogens is 276 g/mol. The van der Waals surface area contributed by atoms with Crippen molar-refractivity contribution >= 4 is 22.9 Å². The number of nitrogens with one attached hydrogen (secondary N) is 1. The molecule has 2 unspecified atom stereocenters. The van der Waals surface area contributed by atoms with E-state index >= 15 is 0 Å². The number of hydrogen-bond donors (Lipinski definition) is 1. The van der Waals surface area contributed by atoms with Gasteiger partial charge in [-0.15, -0.1) is 11.3 Å². The fourth-order valence-corrected chi connectivity index (χ4v) is 4.04. The van der Waals surface area contributed by atoms with E-state index in [9.17, 15) is 0 Å². The lowest BCUT2D eigenvalue weighted by atomic mass is 9.97. The summed E-state index contributed by atoms with van der Waals surface area (Å²) in [6.07, 6.45) is 2.67. The smallest absolute Gasteiger partial charge is 0.0931 e. The molecular formula is C15H25ClN2S. The van der Waals surface area contributed by atoms with E-state index in [1.807, 2.05) is 6.07 Å². The monoisotopic (exact) mass is 300 g/mol. The summed E-state index contributed by atoms with van der Waals surface area (Å²) < 4.78 is 0.893. The molecule has 1 saturated heterocycles.